The predicted molar refractivity (Wildman–Crippen MR) is 65.0 cm³/mol. The van der Waals surface area contributed by atoms with Crippen molar-refractivity contribution in [3.8, 4) is 0 Å². The number of carboxylic acid groups (broad SMARTS) is 1. The number of hydrogen-bond acceptors (Lipinski definition) is 4. The first-order chi connectivity index (χ1) is 8.34. The maximum absolute atomic E-state index is 11.7. The molecule has 1 fully saturated rings. The molecule has 1 aliphatic rings. The Hall–Kier alpha value is -1.57. The van der Waals surface area contributed by atoms with Gasteiger partial charge in [0.25, 0.3) is 0 Å². The summed E-state index contributed by atoms with van der Waals surface area (Å²) in [4.78, 5) is 23.4. The topological polar surface area (TPSA) is 104 Å². The first kappa shape index (κ1) is 14.5. The number of urea groups is 1. The van der Waals surface area contributed by atoms with Crippen molar-refractivity contribution in [3.63, 3.8) is 0 Å². The van der Waals surface area contributed by atoms with E-state index < -0.39 is 34.4 Å². The molecule has 2 amide bonds. The summed E-state index contributed by atoms with van der Waals surface area (Å²) in [6, 6.07) is -1.02. The second-order valence-corrected chi connectivity index (χ2v) is 6.34. The lowest BCUT2D eigenvalue weighted by Gasteiger charge is -2.21. The Labute approximate surface area is 105 Å². The molecule has 0 saturated carbocycles. The quantitative estimate of drug-likeness (QED) is 0.656. The van der Waals surface area contributed by atoms with E-state index in [9.17, 15) is 18.0 Å². The van der Waals surface area contributed by atoms with Gasteiger partial charge in [0.1, 0.15) is 6.54 Å². The van der Waals surface area contributed by atoms with E-state index in [0.717, 1.165) is 4.90 Å². The molecule has 0 radical (unpaired) electrons. The van der Waals surface area contributed by atoms with Gasteiger partial charge in [-0.2, -0.15) is 0 Å². The Bertz CT molecular complexity index is 445. The number of amides is 2. The molecule has 18 heavy (non-hydrogen) atoms. The fraction of sp³-hybridized carbons (Fsp3) is 0.600. The van der Waals surface area contributed by atoms with E-state index >= 15 is 0 Å². The molecule has 0 aromatic heterocycles. The SMILES string of the molecule is C=CCN(CC(=O)O)C(=O)NC1CCS(=O)(=O)C1. The zero-order valence-electron chi connectivity index (χ0n) is 9.83. The van der Waals surface area contributed by atoms with E-state index in [0.29, 0.717) is 6.42 Å². The number of sulfone groups is 1. The zero-order chi connectivity index (χ0) is 13.8. The van der Waals surface area contributed by atoms with E-state index in [1.807, 2.05) is 0 Å². The van der Waals surface area contributed by atoms with E-state index in [2.05, 4.69) is 11.9 Å². The van der Waals surface area contributed by atoms with Crippen LogP contribution in [0.5, 0.6) is 0 Å². The van der Waals surface area contributed by atoms with Gasteiger partial charge in [0.15, 0.2) is 9.84 Å². The zero-order valence-corrected chi connectivity index (χ0v) is 10.6. The number of carboxylic acids is 1. The average molecular weight is 276 g/mol. The summed E-state index contributed by atoms with van der Waals surface area (Å²) in [6.45, 7) is 3.08. The maximum atomic E-state index is 11.7. The van der Waals surface area contributed by atoms with Crippen LogP contribution in [-0.4, -0.2) is 61.1 Å². The molecule has 8 heteroatoms. The Balaban J connectivity index is 2.56. The summed E-state index contributed by atoms with van der Waals surface area (Å²) in [5, 5.41) is 11.2. The van der Waals surface area contributed by atoms with Crippen molar-refractivity contribution in [2.45, 2.75) is 12.5 Å². The highest BCUT2D eigenvalue weighted by molar-refractivity contribution is 7.91. The van der Waals surface area contributed by atoms with Gasteiger partial charge in [-0.25, -0.2) is 13.2 Å². The lowest BCUT2D eigenvalue weighted by Crippen LogP contribution is -2.47. The first-order valence-corrected chi connectivity index (χ1v) is 7.25. The molecule has 2 N–H and O–H groups in total. The van der Waals surface area contributed by atoms with Crippen LogP contribution in [0.15, 0.2) is 12.7 Å². The largest absolute Gasteiger partial charge is 0.480 e. The van der Waals surface area contributed by atoms with Crippen molar-refractivity contribution >= 4 is 21.8 Å². The second-order valence-electron chi connectivity index (χ2n) is 4.11. The molecule has 1 atom stereocenters. The van der Waals surface area contributed by atoms with Gasteiger partial charge in [-0.05, 0) is 6.42 Å². The van der Waals surface area contributed by atoms with Gasteiger partial charge in [0.2, 0.25) is 0 Å². The number of aliphatic carboxylic acids is 1. The lowest BCUT2D eigenvalue weighted by molar-refractivity contribution is -0.137. The van der Waals surface area contributed by atoms with Crippen LogP contribution in [0.4, 0.5) is 4.79 Å². The summed E-state index contributed by atoms with van der Waals surface area (Å²) in [6.07, 6.45) is 1.77. The van der Waals surface area contributed by atoms with Crippen molar-refractivity contribution in [3.05, 3.63) is 12.7 Å². The minimum absolute atomic E-state index is 0.0539. The molecular weight excluding hydrogens is 260 g/mol. The van der Waals surface area contributed by atoms with Crippen LogP contribution in [0, 0.1) is 0 Å². The maximum Gasteiger partial charge on any atom is 0.323 e. The molecular formula is C10H16N2O5S. The predicted octanol–water partition coefficient (Wildman–Crippen LogP) is -0.544. The van der Waals surface area contributed by atoms with Crippen LogP contribution >= 0.6 is 0 Å². The van der Waals surface area contributed by atoms with E-state index in [1.165, 1.54) is 6.08 Å². The van der Waals surface area contributed by atoms with E-state index in [1.54, 1.807) is 0 Å². The number of nitrogens with zero attached hydrogens (tertiary/aromatic N) is 1. The first-order valence-electron chi connectivity index (χ1n) is 5.42. The van der Waals surface area contributed by atoms with Gasteiger partial charge in [-0.15, -0.1) is 6.58 Å². The van der Waals surface area contributed by atoms with Gasteiger partial charge in [0, 0.05) is 12.6 Å². The molecule has 7 nitrogen and oxygen atoms in total. The highest BCUT2D eigenvalue weighted by atomic mass is 32.2. The number of carbonyl (C=O) groups excluding carboxylic acids is 1. The summed E-state index contributed by atoms with van der Waals surface area (Å²) in [5.41, 5.74) is 0. The summed E-state index contributed by atoms with van der Waals surface area (Å²) in [5.74, 6) is -1.17. The van der Waals surface area contributed by atoms with Gasteiger partial charge in [0.05, 0.1) is 11.5 Å². The van der Waals surface area contributed by atoms with Gasteiger partial charge < -0.3 is 15.3 Å². The molecule has 1 heterocycles. The Morgan fingerprint density at radius 3 is 2.61 bits per heavy atom. The highest BCUT2D eigenvalue weighted by Crippen LogP contribution is 2.11. The van der Waals surface area contributed by atoms with Crippen molar-refractivity contribution < 1.29 is 23.1 Å². The number of hydrogen-bond donors (Lipinski definition) is 2. The van der Waals surface area contributed by atoms with Gasteiger partial charge >= 0.3 is 12.0 Å². The Kier molecular flexibility index (Phi) is 4.71. The summed E-state index contributed by atoms with van der Waals surface area (Å²) >= 11 is 0. The fourth-order valence-corrected chi connectivity index (χ4v) is 3.39. The molecule has 0 bridgehead atoms. The summed E-state index contributed by atoms with van der Waals surface area (Å²) < 4.78 is 22.4. The molecule has 0 aromatic rings. The van der Waals surface area contributed by atoms with Crippen LogP contribution in [-0.2, 0) is 14.6 Å². The molecule has 0 aromatic carbocycles. The second kappa shape index (κ2) is 5.85. The van der Waals surface area contributed by atoms with E-state index in [4.69, 9.17) is 5.11 Å². The molecule has 102 valence electrons. The van der Waals surface area contributed by atoms with E-state index in [-0.39, 0.29) is 18.1 Å². The Morgan fingerprint density at radius 1 is 1.50 bits per heavy atom. The summed E-state index contributed by atoms with van der Waals surface area (Å²) in [7, 11) is -3.07. The number of rotatable bonds is 5. The standard InChI is InChI=1S/C10H16N2O5S/c1-2-4-12(6-9(13)14)10(15)11-8-3-5-18(16,17)7-8/h2,8H,1,3-7H2,(H,11,15)(H,13,14). The molecule has 0 spiro atoms. The van der Waals surface area contributed by atoms with Crippen LogP contribution in [0.25, 0.3) is 0 Å². The fourth-order valence-electron chi connectivity index (χ4n) is 1.71. The van der Waals surface area contributed by atoms with Crippen molar-refractivity contribution in [1.82, 2.24) is 10.2 Å². The van der Waals surface area contributed by atoms with Crippen molar-refractivity contribution in [2.75, 3.05) is 24.6 Å². The average Bonchev–Trinajstić information content (AvgIpc) is 2.56. The third-order valence-electron chi connectivity index (χ3n) is 2.52. The van der Waals surface area contributed by atoms with Gasteiger partial charge in [-0.3, -0.25) is 4.79 Å². The molecule has 0 aliphatic carbocycles. The normalized spacial score (nSPS) is 21.2. The Morgan fingerprint density at radius 2 is 2.17 bits per heavy atom. The van der Waals surface area contributed by atoms with Crippen LogP contribution < -0.4 is 5.32 Å². The molecule has 1 saturated heterocycles. The lowest BCUT2D eigenvalue weighted by atomic mass is 10.3. The smallest absolute Gasteiger partial charge is 0.323 e. The number of carbonyl (C=O) groups is 2. The van der Waals surface area contributed by atoms with Gasteiger partial charge in [-0.1, -0.05) is 6.08 Å². The highest BCUT2D eigenvalue weighted by Gasteiger charge is 2.30. The minimum atomic E-state index is -3.07. The van der Waals surface area contributed by atoms with Crippen LogP contribution in [0.3, 0.4) is 0 Å². The van der Waals surface area contributed by atoms with Crippen molar-refractivity contribution in [1.29, 1.82) is 0 Å². The van der Waals surface area contributed by atoms with Crippen LogP contribution in [0.2, 0.25) is 0 Å². The monoisotopic (exact) mass is 276 g/mol. The molecule has 1 aliphatic heterocycles. The molecule has 1 rings (SSSR count). The van der Waals surface area contributed by atoms with Crippen LogP contribution in [0.1, 0.15) is 6.42 Å². The minimum Gasteiger partial charge on any atom is -0.480 e. The van der Waals surface area contributed by atoms with Crippen molar-refractivity contribution in [2.24, 2.45) is 0 Å². The third kappa shape index (κ3) is 4.36. The molecule has 1 unspecified atom stereocenters. The number of nitrogens with one attached hydrogen (secondary N) is 1. The third-order valence-corrected chi connectivity index (χ3v) is 4.29.